The van der Waals surface area contributed by atoms with Gasteiger partial charge in [0.15, 0.2) is 5.82 Å². The molecule has 6 heteroatoms. The maximum atomic E-state index is 9.11. The Bertz CT molecular complexity index is 917. The first kappa shape index (κ1) is 15.6. The van der Waals surface area contributed by atoms with Crippen molar-refractivity contribution in [3.8, 4) is 17.5 Å². The zero-order chi connectivity index (χ0) is 17.1. The highest BCUT2D eigenvalue weighted by atomic mass is 15.2. The highest BCUT2D eigenvalue weighted by molar-refractivity contribution is 5.77. The maximum absolute atomic E-state index is 9.11. The van der Waals surface area contributed by atoms with Gasteiger partial charge in [-0.3, -0.25) is 0 Å². The van der Waals surface area contributed by atoms with Crippen molar-refractivity contribution >= 4 is 11.3 Å². The van der Waals surface area contributed by atoms with Crippen molar-refractivity contribution in [1.29, 1.82) is 5.26 Å². The molecule has 3 aromatic heterocycles. The number of nitriles is 1. The van der Waals surface area contributed by atoms with Crippen LogP contribution in [0.1, 0.15) is 37.7 Å². The number of anilines is 1. The Balaban J connectivity index is 1.58. The lowest BCUT2D eigenvalue weighted by Gasteiger charge is -2.21. The Morgan fingerprint density at radius 2 is 2.12 bits per heavy atom. The van der Waals surface area contributed by atoms with Crippen LogP contribution in [-0.4, -0.2) is 26.1 Å². The fourth-order valence-corrected chi connectivity index (χ4v) is 3.45. The molecule has 0 saturated heterocycles. The Labute approximate surface area is 146 Å². The zero-order valence-electron chi connectivity index (χ0n) is 14.0. The minimum absolute atomic E-state index is 0.598. The lowest BCUT2D eigenvalue weighted by molar-refractivity contribution is 0.373. The standard InChI is InChI=1S/C19H20N6/c20-11-15-7-9-25-17(10-15)16(13-23-25)19-21-8-6-18(24-19)22-12-14-4-2-1-3-5-14/h6-10,13-14H,1-5,12H2,(H,21,22,24). The van der Waals surface area contributed by atoms with Crippen LogP contribution in [0.5, 0.6) is 0 Å². The van der Waals surface area contributed by atoms with E-state index in [-0.39, 0.29) is 0 Å². The van der Waals surface area contributed by atoms with Crippen molar-refractivity contribution in [3.63, 3.8) is 0 Å². The molecule has 1 aliphatic carbocycles. The highest BCUT2D eigenvalue weighted by Crippen LogP contribution is 2.25. The summed E-state index contributed by atoms with van der Waals surface area (Å²) in [5.41, 5.74) is 2.27. The molecule has 1 fully saturated rings. The summed E-state index contributed by atoms with van der Waals surface area (Å²) in [4.78, 5) is 9.04. The van der Waals surface area contributed by atoms with E-state index in [0.29, 0.717) is 11.4 Å². The SMILES string of the molecule is N#Cc1ccn2ncc(-c3nccc(NCC4CCCCC4)n3)c2c1. The van der Waals surface area contributed by atoms with Crippen LogP contribution >= 0.6 is 0 Å². The first-order chi connectivity index (χ1) is 12.3. The summed E-state index contributed by atoms with van der Waals surface area (Å²) < 4.78 is 1.74. The molecular formula is C19H20N6. The second kappa shape index (κ2) is 6.89. The molecule has 0 spiro atoms. The molecule has 1 saturated carbocycles. The lowest BCUT2D eigenvalue weighted by atomic mass is 9.89. The van der Waals surface area contributed by atoms with Crippen LogP contribution in [0.3, 0.4) is 0 Å². The van der Waals surface area contributed by atoms with Crippen molar-refractivity contribution in [3.05, 3.63) is 42.4 Å². The lowest BCUT2D eigenvalue weighted by Crippen LogP contribution is -2.17. The van der Waals surface area contributed by atoms with Gasteiger partial charge in [-0.05, 0) is 37.0 Å². The molecule has 0 aromatic carbocycles. The Morgan fingerprint density at radius 3 is 2.96 bits per heavy atom. The molecule has 0 radical (unpaired) electrons. The van der Waals surface area contributed by atoms with Crippen molar-refractivity contribution in [2.75, 3.05) is 11.9 Å². The predicted molar refractivity (Wildman–Crippen MR) is 96.0 cm³/mol. The van der Waals surface area contributed by atoms with Gasteiger partial charge in [0, 0.05) is 18.9 Å². The van der Waals surface area contributed by atoms with Crippen LogP contribution in [0, 0.1) is 17.2 Å². The third-order valence-corrected chi connectivity index (χ3v) is 4.84. The third-order valence-electron chi connectivity index (χ3n) is 4.84. The summed E-state index contributed by atoms with van der Waals surface area (Å²) in [5, 5.41) is 16.9. The minimum atomic E-state index is 0.598. The molecule has 0 amide bonds. The topological polar surface area (TPSA) is 78.9 Å². The van der Waals surface area contributed by atoms with Crippen molar-refractivity contribution in [2.45, 2.75) is 32.1 Å². The highest BCUT2D eigenvalue weighted by Gasteiger charge is 2.14. The van der Waals surface area contributed by atoms with Crippen molar-refractivity contribution < 1.29 is 0 Å². The van der Waals surface area contributed by atoms with E-state index in [9.17, 15) is 0 Å². The molecule has 0 atom stereocenters. The quantitative estimate of drug-likeness (QED) is 0.789. The monoisotopic (exact) mass is 332 g/mol. The number of hydrogen-bond donors (Lipinski definition) is 1. The summed E-state index contributed by atoms with van der Waals surface area (Å²) in [5.74, 6) is 2.20. The number of nitrogens with one attached hydrogen (secondary N) is 1. The first-order valence-corrected chi connectivity index (χ1v) is 8.78. The number of nitrogens with zero attached hydrogens (tertiary/aromatic N) is 5. The van der Waals surface area contributed by atoms with Crippen LogP contribution < -0.4 is 5.32 Å². The number of pyridine rings is 1. The molecule has 6 nitrogen and oxygen atoms in total. The summed E-state index contributed by atoms with van der Waals surface area (Å²) in [6.45, 7) is 0.962. The van der Waals surface area contributed by atoms with Gasteiger partial charge in [-0.25, -0.2) is 14.5 Å². The molecule has 0 aliphatic heterocycles. The van der Waals surface area contributed by atoms with Gasteiger partial charge in [0.25, 0.3) is 0 Å². The van der Waals surface area contributed by atoms with E-state index in [0.717, 1.165) is 29.4 Å². The van der Waals surface area contributed by atoms with Gasteiger partial charge >= 0.3 is 0 Å². The Morgan fingerprint density at radius 1 is 1.24 bits per heavy atom. The molecule has 1 aliphatic rings. The van der Waals surface area contributed by atoms with Crippen LogP contribution in [-0.2, 0) is 0 Å². The van der Waals surface area contributed by atoms with Crippen LogP contribution in [0.25, 0.3) is 16.9 Å². The maximum Gasteiger partial charge on any atom is 0.165 e. The number of hydrogen-bond acceptors (Lipinski definition) is 5. The number of fused-ring (bicyclic) bond motifs is 1. The second-order valence-electron chi connectivity index (χ2n) is 6.57. The van der Waals surface area contributed by atoms with Gasteiger partial charge in [0.05, 0.1) is 28.9 Å². The average molecular weight is 332 g/mol. The fourth-order valence-electron chi connectivity index (χ4n) is 3.45. The van der Waals surface area contributed by atoms with Crippen LogP contribution in [0.15, 0.2) is 36.8 Å². The van der Waals surface area contributed by atoms with E-state index in [2.05, 4.69) is 26.5 Å². The predicted octanol–water partition coefficient (Wildman–Crippen LogP) is 3.66. The number of aromatic nitrogens is 4. The van der Waals surface area contributed by atoms with Gasteiger partial charge in [-0.1, -0.05) is 19.3 Å². The molecule has 0 unspecified atom stereocenters. The molecule has 1 N–H and O–H groups in total. The molecule has 25 heavy (non-hydrogen) atoms. The van der Waals surface area contributed by atoms with Gasteiger partial charge in [-0.2, -0.15) is 10.4 Å². The molecule has 0 bridgehead atoms. The Kier molecular flexibility index (Phi) is 4.30. The molecular weight excluding hydrogens is 312 g/mol. The largest absolute Gasteiger partial charge is 0.370 e. The third kappa shape index (κ3) is 3.31. The number of rotatable bonds is 4. The van der Waals surface area contributed by atoms with Gasteiger partial charge in [0.1, 0.15) is 5.82 Å². The van der Waals surface area contributed by atoms with Crippen molar-refractivity contribution in [1.82, 2.24) is 19.6 Å². The van der Waals surface area contributed by atoms with E-state index in [1.807, 2.05) is 12.1 Å². The Hall–Kier alpha value is -2.94. The van der Waals surface area contributed by atoms with Crippen molar-refractivity contribution in [2.24, 2.45) is 5.92 Å². The van der Waals surface area contributed by atoms with E-state index in [1.165, 1.54) is 32.1 Å². The van der Waals surface area contributed by atoms with Gasteiger partial charge in [0.2, 0.25) is 0 Å². The summed E-state index contributed by atoms with van der Waals surface area (Å²) >= 11 is 0. The second-order valence-corrected chi connectivity index (χ2v) is 6.57. The fraction of sp³-hybridized carbons (Fsp3) is 0.368. The summed E-state index contributed by atoms with van der Waals surface area (Å²) in [6, 6.07) is 7.62. The van der Waals surface area contributed by atoms with E-state index in [4.69, 9.17) is 5.26 Å². The van der Waals surface area contributed by atoms with Crippen LogP contribution in [0.2, 0.25) is 0 Å². The minimum Gasteiger partial charge on any atom is -0.370 e. The summed E-state index contributed by atoms with van der Waals surface area (Å²) in [7, 11) is 0. The zero-order valence-corrected chi connectivity index (χ0v) is 14.0. The molecule has 3 aromatic rings. The summed E-state index contributed by atoms with van der Waals surface area (Å²) in [6.07, 6.45) is 11.9. The van der Waals surface area contributed by atoms with Crippen LogP contribution in [0.4, 0.5) is 5.82 Å². The normalized spacial score (nSPS) is 15.2. The van der Waals surface area contributed by atoms with E-state index < -0.39 is 0 Å². The molecule has 3 heterocycles. The van der Waals surface area contributed by atoms with E-state index in [1.54, 1.807) is 29.2 Å². The van der Waals surface area contributed by atoms with Gasteiger partial charge < -0.3 is 5.32 Å². The van der Waals surface area contributed by atoms with Gasteiger partial charge in [-0.15, -0.1) is 0 Å². The average Bonchev–Trinajstić information content (AvgIpc) is 3.10. The van der Waals surface area contributed by atoms with E-state index >= 15 is 0 Å². The first-order valence-electron chi connectivity index (χ1n) is 8.78. The molecule has 4 rings (SSSR count). The smallest absolute Gasteiger partial charge is 0.165 e. The molecule has 126 valence electrons.